The molecule has 0 aliphatic heterocycles. The standard InChI is InChI=1S/C26H28N2O3/c1-2-20-7-6-18(14-28)11-25(20)30-16-19-9-22-12-23(15-29)31-26(22)24(10-19)21-5-3-4-17(8-21)13-27/h3-12,29H,2,13-16,27-28H2,1H3. The molecule has 0 unspecified atom stereocenters. The van der Waals surface area contributed by atoms with Crippen LogP contribution in [-0.2, 0) is 32.7 Å². The summed E-state index contributed by atoms with van der Waals surface area (Å²) in [5, 5.41) is 10.5. The maximum absolute atomic E-state index is 9.57. The van der Waals surface area contributed by atoms with Gasteiger partial charge in [-0.15, -0.1) is 0 Å². The monoisotopic (exact) mass is 416 g/mol. The second-order valence-electron chi connectivity index (χ2n) is 7.63. The van der Waals surface area contributed by atoms with Crippen LogP contribution >= 0.6 is 0 Å². The zero-order chi connectivity index (χ0) is 21.8. The van der Waals surface area contributed by atoms with Crippen molar-refractivity contribution in [2.45, 2.75) is 39.6 Å². The van der Waals surface area contributed by atoms with E-state index in [1.807, 2.05) is 42.5 Å². The molecule has 0 fully saturated rings. The third kappa shape index (κ3) is 4.49. The molecule has 0 amide bonds. The van der Waals surface area contributed by atoms with Gasteiger partial charge in [0.05, 0.1) is 0 Å². The largest absolute Gasteiger partial charge is 0.489 e. The molecule has 1 aromatic heterocycles. The summed E-state index contributed by atoms with van der Waals surface area (Å²) in [4.78, 5) is 0. The average Bonchev–Trinajstić information content (AvgIpc) is 3.25. The van der Waals surface area contributed by atoms with Crippen molar-refractivity contribution in [2.24, 2.45) is 11.5 Å². The molecule has 0 saturated heterocycles. The Hall–Kier alpha value is -3.12. The van der Waals surface area contributed by atoms with E-state index in [0.717, 1.165) is 56.5 Å². The lowest BCUT2D eigenvalue weighted by Gasteiger charge is -2.13. The van der Waals surface area contributed by atoms with E-state index in [4.69, 9.17) is 20.6 Å². The first-order valence-electron chi connectivity index (χ1n) is 10.6. The molecule has 0 atom stereocenters. The highest BCUT2D eigenvalue weighted by molar-refractivity contribution is 5.93. The summed E-state index contributed by atoms with van der Waals surface area (Å²) >= 11 is 0. The van der Waals surface area contributed by atoms with Crippen molar-refractivity contribution >= 4 is 11.0 Å². The Bertz CT molecular complexity index is 1200. The minimum Gasteiger partial charge on any atom is -0.489 e. The lowest BCUT2D eigenvalue weighted by molar-refractivity contribution is 0.251. The summed E-state index contributed by atoms with van der Waals surface area (Å²) in [6.45, 7) is 3.33. The molecule has 0 saturated carbocycles. The number of aliphatic hydroxyl groups is 1. The predicted molar refractivity (Wildman–Crippen MR) is 124 cm³/mol. The van der Waals surface area contributed by atoms with E-state index in [1.54, 1.807) is 0 Å². The van der Waals surface area contributed by atoms with Gasteiger partial charge in [0.25, 0.3) is 0 Å². The fourth-order valence-corrected chi connectivity index (χ4v) is 3.82. The quantitative estimate of drug-likeness (QED) is 0.389. The number of ether oxygens (including phenoxy) is 1. The van der Waals surface area contributed by atoms with Crippen molar-refractivity contribution in [3.8, 4) is 16.9 Å². The van der Waals surface area contributed by atoms with Gasteiger partial charge in [0.2, 0.25) is 0 Å². The maximum atomic E-state index is 9.57. The van der Waals surface area contributed by atoms with E-state index in [1.165, 1.54) is 0 Å². The van der Waals surface area contributed by atoms with E-state index < -0.39 is 0 Å². The topological polar surface area (TPSA) is 94.6 Å². The van der Waals surface area contributed by atoms with E-state index in [2.05, 4.69) is 25.1 Å². The van der Waals surface area contributed by atoms with Crippen LogP contribution in [-0.4, -0.2) is 5.11 Å². The van der Waals surface area contributed by atoms with Gasteiger partial charge in [-0.2, -0.15) is 0 Å². The minimum absolute atomic E-state index is 0.144. The molecule has 31 heavy (non-hydrogen) atoms. The summed E-state index contributed by atoms with van der Waals surface area (Å²) in [5.41, 5.74) is 18.6. The molecule has 4 rings (SSSR count). The molecule has 0 aliphatic carbocycles. The van der Waals surface area contributed by atoms with E-state index in [-0.39, 0.29) is 6.61 Å². The van der Waals surface area contributed by atoms with E-state index in [9.17, 15) is 5.11 Å². The van der Waals surface area contributed by atoms with Crippen LogP contribution in [0.25, 0.3) is 22.1 Å². The molecule has 0 bridgehead atoms. The molecular formula is C26H28N2O3. The molecule has 5 N–H and O–H groups in total. The number of hydrogen-bond donors (Lipinski definition) is 3. The normalized spacial score (nSPS) is 11.2. The maximum Gasteiger partial charge on any atom is 0.142 e. The first-order valence-corrected chi connectivity index (χ1v) is 10.6. The van der Waals surface area contributed by atoms with Crippen LogP contribution in [0.5, 0.6) is 5.75 Å². The number of nitrogens with two attached hydrogens (primary N) is 2. The zero-order valence-corrected chi connectivity index (χ0v) is 17.7. The molecule has 1 heterocycles. The number of rotatable bonds is 8. The van der Waals surface area contributed by atoms with Crippen molar-refractivity contribution in [1.82, 2.24) is 0 Å². The zero-order valence-electron chi connectivity index (χ0n) is 17.7. The van der Waals surface area contributed by atoms with Gasteiger partial charge in [0.15, 0.2) is 0 Å². The molecular weight excluding hydrogens is 388 g/mol. The van der Waals surface area contributed by atoms with Crippen LogP contribution < -0.4 is 16.2 Å². The molecule has 0 aliphatic rings. The van der Waals surface area contributed by atoms with Crippen LogP contribution in [0.1, 0.15) is 34.9 Å². The Morgan fingerprint density at radius 3 is 2.45 bits per heavy atom. The van der Waals surface area contributed by atoms with Crippen LogP contribution in [0.4, 0.5) is 0 Å². The van der Waals surface area contributed by atoms with E-state index >= 15 is 0 Å². The summed E-state index contributed by atoms with van der Waals surface area (Å²) in [6, 6.07) is 20.3. The lowest BCUT2D eigenvalue weighted by Crippen LogP contribution is -2.02. The lowest BCUT2D eigenvalue weighted by atomic mass is 9.99. The number of furan rings is 1. The average molecular weight is 417 g/mol. The van der Waals surface area contributed by atoms with Crippen LogP contribution in [0.15, 0.2) is 65.1 Å². The van der Waals surface area contributed by atoms with Gasteiger partial charge >= 0.3 is 0 Å². The molecule has 3 aromatic carbocycles. The van der Waals surface area contributed by atoms with E-state index in [0.29, 0.717) is 25.5 Å². The highest BCUT2D eigenvalue weighted by Gasteiger charge is 2.14. The van der Waals surface area contributed by atoms with Crippen molar-refractivity contribution in [2.75, 3.05) is 0 Å². The Labute approximate surface area is 182 Å². The third-order valence-corrected chi connectivity index (χ3v) is 5.50. The van der Waals surface area contributed by atoms with Crippen molar-refractivity contribution in [1.29, 1.82) is 0 Å². The highest BCUT2D eigenvalue weighted by Crippen LogP contribution is 2.34. The highest BCUT2D eigenvalue weighted by atomic mass is 16.5. The number of fused-ring (bicyclic) bond motifs is 1. The Morgan fingerprint density at radius 2 is 1.71 bits per heavy atom. The van der Waals surface area contributed by atoms with Crippen molar-refractivity contribution < 1.29 is 14.3 Å². The molecule has 5 heteroatoms. The summed E-state index contributed by atoms with van der Waals surface area (Å²) < 4.78 is 12.1. The van der Waals surface area contributed by atoms with Gasteiger partial charge in [-0.1, -0.05) is 37.3 Å². The van der Waals surface area contributed by atoms with Crippen molar-refractivity contribution in [3.05, 3.63) is 88.7 Å². The summed E-state index contributed by atoms with van der Waals surface area (Å²) in [5.74, 6) is 1.40. The fraction of sp³-hybridized carbons (Fsp3) is 0.231. The van der Waals surface area contributed by atoms with Crippen LogP contribution in [0.2, 0.25) is 0 Å². The first-order chi connectivity index (χ1) is 15.1. The SMILES string of the molecule is CCc1ccc(CN)cc1OCc1cc(-c2cccc(CN)c2)c2oc(CO)cc2c1. The van der Waals surface area contributed by atoms with Gasteiger partial charge in [-0.25, -0.2) is 0 Å². The van der Waals surface area contributed by atoms with Gasteiger partial charge in [0, 0.05) is 24.0 Å². The molecule has 0 radical (unpaired) electrons. The molecule has 0 spiro atoms. The van der Waals surface area contributed by atoms with Gasteiger partial charge in [0.1, 0.15) is 30.3 Å². The van der Waals surface area contributed by atoms with Crippen LogP contribution in [0.3, 0.4) is 0 Å². The second kappa shape index (κ2) is 9.35. The van der Waals surface area contributed by atoms with Gasteiger partial charge in [-0.05, 0) is 64.6 Å². The number of benzene rings is 3. The number of hydrogen-bond acceptors (Lipinski definition) is 5. The van der Waals surface area contributed by atoms with Crippen molar-refractivity contribution in [3.63, 3.8) is 0 Å². The smallest absolute Gasteiger partial charge is 0.142 e. The summed E-state index contributed by atoms with van der Waals surface area (Å²) in [6.07, 6.45) is 0.887. The summed E-state index contributed by atoms with van der Waals surface area (Å²) in [7, 11) is 0. The Balaban J connectivity index is 1.73. The number of aliphatic hydroxyl groups excluding tert-OH is 1. The van der Waals surface area contributed by atoms with Gasteiger partial charge in [-0.3, -0.25) is 0 Å². The van der Waals surface area contributed by atoms with Gasteiger partial charge < -0.3 is 25.7 Å². The molecule has 5 nitrogen and oxygen atoms in total. The fourth-order valence-electron chi connectivity index (χ4n) is 3.82. The number of aryl methyl sites for hydroxylation is 1. The third-order valence-electron chi connectivity index (χ3n) is 5.50. The molecule has 160 valence electrons. The van der Waals surface area contributed by atoms with Crippen LogP contribution in [0, 0.1) is 0 Å². The molecule has 4 aromatic rings. The predicted octanol–water partition coefficient (Wildman–Crippen LogP) is 4.65. The second-order valence-corrected chi connectivity index (χ2v) is 7.63. The Morgan fingerprint density at radius 1 is 0.903 bits per heavy atom. The Kier molecular flexibility index (Phi) is 6.37. The minimum atomic E-state index is -0.144. The first kappa shape index (κ1) is 21.1.